The first kappa shape index (κ1) is 47.2. The Morgan fingerprint density at radius 1 is 0.981 bits per heavy atom. The average Bonchev–Trinajstić information content (AvgIpc) is 3.09. The maximum atomic E-state index is 13.8. The summed E-state index contributed by atoms with van der Waals surface area (Å²) >= 11 is 0. The van der Waals surface area contributed by atoms with Crippen molar-refractivity contribution in [2.45, 2.75) is 128 Å². The number of carbonyl (C=O) groups is 2. The van der Waals surface area contributed by atoms with Gasteiger partial charge in [-0.2, -0.15) is 0 Å². The fraction of sp³-hybridized carbons (Fsp3) is 0.500. The standard InChI is InChI=1S/C35H48NO7P.C7H12.C2H6/c1-23(2)30-19-27(15-16-32(30)42-34(38)35(7,8)9)20-31-25(5)17-29(18-26(31)6)40-22-44(39,36-21-33(37)41-24(3)4)43-28-13-11-10-12-14-28;1-4-6-7(3)5-2;1-2/h11,13-19,23-24H,10,12,20-22H2,1-9H3,(H,36,39);4-6H,1-3H3;1-2H3/b;6-4-,7-5-;. The third-order valence-corrected chi connectivity index (χ3v) is 9.51. The molecule has 1 aliphatic carbocycles. The van der Waals surface area contributed by atoms with Crippen molar-refractivity contribution in [2.75, 3.05) is 12.9 Å². The summed E-state index contributed by atoms with van der Waals surface area (Å²) in [5, 5.41) is 2.76. The van der Waals surface area contributed by atoms with Crippen LogP contribution < -0.4 is 14.6 Å². The molecular weight excluding hydrogens is 685 g/mol. The molecule has 1 aliphatic rings. The molecule has 0 spiro atoms. The molecule has 3 rings (SSSR count). The number of esters is 2. The van der Waals surface area contributed by atoms with Crippen LogP contribution in [0.5, 0.6) is 11.5 Å². The van der Waals surface area contributed by atoms with Crippen LogP contribution in [-0.4, -0.2) is 30.9 Å². The number of carbonyl (C=O) groups excluding carboxylic acids is 2. The predicted octanol–water partition coefficient (Wildman–Crippen LogP) is 11.8. The summed E-state index contributed by atoms with van der Waals surface area (Å²) in [4.78, 5) is 24.7. The van der Waals surface area contributed by atoms with Crippen LogP contribution in [0.25, 0.3) is 0 Å². The number of ether oxygens (including phenoxy) is 3. The third-order valence-electron chi connectivity index (χ3n) is 7.89. The predicted molar refractivity (Wildman–Crippen MR) is 220 cm³/mol. The molecule has 0 aromatic heterocycles. The van der Waals surface area contributed by atoms with Gasteiger partial charge in [-0.15, -0.1) is 0 Å². The summed E-state index contributed by atoms with van der Waals surface area (Å²) in [5.41, 5.74) is 6.02. The SMILES string of the molecule is C/C=C\C(C)=C/C.CC.Cc1cc(OCP(=O)(NCC(=O)OC(C)C)OC2=CCCC=C2)cc(C)c1Cc1ccc(OC(=O)C(C)(C)C)c(C(C)C)c1. The Bertz CT molecular complexity index is 1630. The Balaban J connectivity index is 0.00000139. The second-order valence-electron chi connectivity index (χ2n) is 14.4. The van der Waals surface area contributed by atoms with Gasteiger partial charge in [0.25, 0.3) is 0 Å². The molecule has 9 heteroatoms. The molecule has 0 saturated carbocycles. The maximum absolute atomic E-state index is 13.8. The van der Waals surface area contributed by atoms with E-state index in [1.54, 1.807) is 19.9 Å². The van der Waals surface area contributed by atoms with Crippen LogP contribution in [0.2, 0.25) is 0 Å². The van der Waals surface area contributed by atoms with Crippen molar-refractivity contribution in [1.29, 1.82) is 0 Å². The highest BCUT2D eigenvalue weighted by Gasteiger charge is 2.29. The van der Waals surface area contributed by atoms with E-state index in [4.69, 9.17) is 18.7 Å². The van der Waals surface area contributed by atoms with Gasteiger partial charge in [0.2, 0.25) is 0 Å². The van der Waals surface area contributed by atoms with Crippen LogP contribution in [0.1, 0.15) is 130 Å². The van der Waals surface area contributed by atoms with E-state index in [-0.39, 0.29) is 30.9 Å². The molecule has 0 aliphatic heterocycles. The highest BCUT2D eigenvalue weighted by Crippen LogP contribution is 2.45. The second-order valence-corrected chi connectivity index (χ2v) is 16.5. The monoisotopic (exact) mass is 751 g/mol. The maximum Gasteiger partial charge on any atom is 0.354 e. The lowest BCUT2D eigenvalue weighted by molar-refractivity contribution is -0.146. The van der Waals surface area contributed by atoms with Crippen molar-refractivity contribution in [2.24, 2.45) is 5.41 Å². The summed E-state index contributed by atoms with van der Waals surface area (Å²) < 4.78 is 36.6. The summed E-state index contributed by atoms with van der Waals surface area (Å²) in [5.74, 6) is 1.03. The van der Waals surface area contributed by atoms with E-state index in [1.807, 2.05) is 105 Å². The number of rotatable bonds is 14. The minimum absolute atomic E-state index is 0.175. The van der Waals surface area contributed by atoms with E-state index in [9.17, 15) is 14.2 Å². The topological polar surface area (TPSA) is 100 Å². The molecule has 1 unspecified atom stereocenters. The molecule has 0 heterocycles. The van der Waals surface area contributed by atoms with Gasteiger partial charge in [0, 0.05) is 0 Å². The highest BCUT2D eigenvalue weighted by molar-refractivity contribution is 7.56. The Kier molecular flexibility index (Phi) is 20.5. The number of nitrogens with one attached hydrogen (secondary N) is 1. The molecule has 1 atom stereocenters. The van der Waals surface area contributed by atoms with Crippen LogP contribution in [0.15, 0.2) is 78.1 Å². The van der Waals surface area contributed by atoms with Crippen LogP contribution in [-0.2, 0) is 29.8 Å². The van der Waals surface area contributed by atoms with E-state index in [2.05, 4.69) is 44.1 Å². The summed E-state index contributed by atoms with van der Waals surface area (Å²) in [6, 6.07) is 9.83. The average molecular weight is 752 g/mol. The van der Waals surface area contributed by atoms with Crippen molar-refractivity contribution in [1.82, 2.24) is 5.09 Å². The zero-order chi connectivity index (χ0) is 40.4. The minimum atomic E-state index is -3.62. The molecule has 2 aromatic rings. The fourth-order valence-electron chi connectivity index (χ4n) is 4.96. The van der Waals surface area contributed by atoms with Crippen molar-refractivity contribution < 1.29 is 32.9 Å². The number of allylic oxidation sites excluding steroid dienone is 7. The molecule has 0 bridgehead atoms. The molecular formula is C44H66NO7P. The van der Waals surface area contributed by atoms with Crippen molar-refractivity contribution in [3.05, 3.63) is 106 Å². The van der Waals surface area contributed by atoms with Gasteiger partial charge in [-0.1, -0.05) is 69.7 Å². The minimum Gasteiger partial charge on any atom is -0.481 e. The van der Waals surface area contributed by atoms with Crippen molar-refractivity contribution in [3.63, 3.8) is 0 Å². The van der Waals surface area contributed by atoms with Gasteiger partial charge in [0.05, 0.1) is 11.5 Å². The van der Waals surface area contributed by atoms with Gasteiger partial charge in [0.1, 0.15) is 23.8 Å². The molecule has 0 radical (unpaired) electrons. The molecule has 0 amide bonds. The normalized spacial score (nSPS) is 14.0. The zero-order valence-corrected chi connectivity index (χ0v) is 35.7. The Labute approximate surface area is 320 Å². The molecule has 8 nitrogen and oxygen atoms in total. The van der Waals surface area contributed by atoms with Crippen LogP contribution in [0.4, 0.5) is 0 Å². The van der Waals surface area contributed by atoms with Crippen molar-refractivity contribution >= 4 is 19.5 Å². The van der Waals surface area contributed by atoms with Gasteiger partial charge in [0.15, 0.2) is 6.35 Å². The van der Waals surface area contributed by atoms with E-state index in [0.29, 0.717) is 23.7 Å². The zero-order valence-electron chi connectivity index (χ0n) is 34.8. The van der Waals surface area contributed by atoms with Crippen molar-refractivity contribution in [3.8, 4) is 11.5 Å². The lowest BCUT2D eigenvalue weighted by Gasteiger charge is -2.23. The van der Waals surface area contributed by atoms with E-state index in [1.165, 1.54) is 5.57 Å². The summed E-state index contributed by atoms with van der Waals surface area (Å²) in [7, 11) is -3.62. The largest absolute Gasteiger partial charge is 0.481 e. The fourth-order valence-corrected chi connectivity index (χ4v) is 6.34. The first-order valence-electron chi connectivity index (χ1n) is 18.8. The van der Waals surface area contributed by atoms with Crippen LogP contribution in [0, 0.1) is 19.3 Å². The molecule has 0 saturated heterocycles. The van der Waals surface area contributed by atoms with E-state index < -0.39 is 18.9 Å². The molecule has 1 N–H and O–H groups in total. The number of aryl methyl sites for hydroxylation is 2. The van der Waals surface area contributed by atoms with E-state index in [0.717, 1.165) is 40.7 Å². The highest BCUT2D eigenvalue weighted by atomic mass is 31.2. The first-order valence-corrected chi connectivity index (χ1v) is 20.6. The molecule has 0 fully saturated rings. The second kappa shape index (κ2) is 23.0. The lowest BCUT2D eigenvalue weighted by Crippen LogP contribution is -2.27. The van der Waals surface area contributed by atoms with Gasteiger partial charge in [-0.25, -0.2) is 5.09 Å². The number of hydrogen-bond donors (Lipinski definition) is 1. The Hall–Kier alpha value is -3.87. The quantitative estimate of drug-likeness (QED) is 0.0881. The van der Waals surface area contributed by atoms with Crippen LogP contribution >= 0.6 is 7.52 Å². The molecule has 53 heavy (non-hydrogen) atoms. The molecule has 2 aromatic carbocycles. The van der Waals surface area contributed by atoms with Gasteiger partial charge in [-0.3, -0.25) is 14.2 Å². The number of hydrogen-bond acceptors (Lipinski definition) is 7. The van der Waals surface area contributed by atoms with E-state index >= 15 is 0 Å². The lowest BCUT2D eigenvalue weighted by atomic mass is 9.92. The Morgan fingerprint density at radius 2 is 1.62 bits per heavy atom. The third kappa shape index (κ3) is 17.2. The summed E-state index contributed by atoms with van der Waals surface area (Å²) in [6.07, 6.45) is 13.6. The number of benzene rings is 2. The first-order chi connectivity index (χ1) is 24.9. The van der Waals surface area contributed by atoms with Gasteiger partial charge >= 0.3 is 19.5 Å². The summed E-state index contributed by atoms with van der Waals surface area (Å²) in [6.45, 7) is 27.1. The van der Waals surface area contributed by atoms with Gasteiger partial charge < -0.3 is 18.7 Å². The van der Waals surface area contributed by atoms with Crippen LogP contribution in [0.3, 0.4) is 0 Å². The molecule has 294 valence electrons. The Morgan fingerprint density at radius 3 is 2.11 bits per heavy atom. The smallest absolute Gasteiger partial charge is 0.354 e. The van der Waals surface area contributed by atoms with Gasteiger partial charge in [-0.05, 0) is 153 Å².